The van der Waals surface area contributed by atoms with Crippen LogP contribution in [0.25, 0.3) is 0 Å². The topological polar surface area (TPSA) is 44.7 Å². The predicted octanol–water partition coefficient (Wildman–Crippen LogP) is 3.11. The summed E-state index contributed by atoms with van der Waals surface area (Å²) in [6.45, 7) is 4.57. The van der Waals surface area contributed by atoms with Gasteiger partial charge in [0.1, 0.15) is 0 Å². The van der Waals surface area contributed by atoms with Crippen LogP contribution >= 0.6 is 12.4 Å². The van der Waals surface area contributed by atoms with Gasteiger partial charge in [0.2, 0.25) is 0 Å². The zero-order valence-electron chi connectivity index (χ0n) is 12.9. The van der Waals surface area contributed by atoms with Crippen molar-refractivity contribution in [2.24, 2.45) is 0 Å². The Balaban J connectivity index is 0.00000264. The van der Waals surface area contributed by atoms with Crippen molar-refractivity contribution in [1.29, 1.82) is 0 Å². The number of alkyl halides is 3. The minimum absolute atomic E-state index is 0. The van der Waals surface area contributed by atoms with Crippen LogP contribution < -0.4 is 10.1 Å². The van der Waals surface area contributed by atoms with Gasteiger partial charge in [0, 0.05) is 32.2 Å². The van der Waals surface area contributed by atoms with E-state index in [0.29, 0.717) is 38.3 Å². The number of nitrogens with zero attached hydrogens (tertiary/aromatic N) is 1. The Morgan fingerprint density at radius 2 is 1.96 bits per heavy atom. The molecule has 1 aromatic rings. The van der Waals surface area contributed by atoms with Crippen molar-refractivity contribution < 1.29 is 23.0 Å². The van der Waals surface area contributed by atoms with E-state index in [2.05, 4.69) is 5.32 Å². The van der Waals surface area contributed by atoms with Crippen LogP contribution in [0.2, 0.25) is 0 Å². The van der Waals surface area contributed by atoms with Gasteiger partial charge in [-0.15, -0.1) is 12.4 Å². The Bertz CT molecular complexity index is 494. The second-order valence-electron chi connectivity index (χ2n) is 5.28. The summed E-state index contributed by atoms with van der Waals surface area (Å²) >= 11 is 0. The Kier molecular flexibility index (Phi) is 7.44. The molecule has 23 heavy (non-hydrogen) atoms. The molecule has 2 rings (SSSR count). The molecular weight excluding hydrogens is 333 g/mol. The molecule has 132 valence electrons. The normalized spacial score (nSPS) is 17.4. The number of benzene rings is 1. The Morgan fingerprint density at radius 3 is 2.52 bits per heavy atom. The highest BCUT2D eigenvalue weighted by Crippen LogP contribution is 2.37. The van der Waals surface area contributed by atoms with Crippen molar-refractivity contribution >= 4 is 12.4 Å². The summed E-state index contributed by atoms with van der Waals surface area (Å²) < 4.78 is 44.1. The van der Waals surface area contributed by atoms with E-state index in [9.17, 15) is 18.3 Å². The molecule has 2 N–H and O–H groups in total. The largest absolute Gasteiger partial charge is 0.504 e. The molecule has 0 aromatic heterocycles. The molecule has 1 saturated heterocycles. The van der Waals surface area contributed by atoms with Crippen molar-refractivity contribution in [3.8, 4) is 11.5 Å². The molecule has 0 unspecified atom stereocenters. The Labute approximate surface area is 140 Å². The van der Waals surface area contributed by atoms with Gasteiger partial charge in [0.25, 0.3) is 0 Å². The van der Waals surface area contributed by atoms with Gasteiger partial charge in [-0.2, -0.15) is 13.2 Å². The van der Waals surface area contributed by atoms with Crippen LogP contribution in [-0.2, 0) is 0 Å². The summed E-state index contributed by atoms with van der Waals surface area (Å²) in [7, 11) is 0. The fourth-order valence-electron chi connectivity index (χ4n) is 2.68. The Morgan fingerprint density at radius 1 is 1.30 bits per heavy atom. The lowest BCUT2D eigenvalue weighted by atomic mass is 10.00. The van der Waals surface area contributed by atoms with Crippen LogP contribution in [0.15, 0.2) is 18.2 Å². The van der Waals surface area contributed by atoms with Crippen LogP contribution in [0.1, 0.15) is 24.9 Å². The van der Waals surface area contributed by atoms with E-state index in [4.69, 9.17) is 4.74 Å². The number of hydrogen-bond acceptors (Lipinski definition) is 4. The maximum atomic E-state index is 13.0. The highest BCUT2D eigenvalue weighted by molar-refractivity contribution is 5.85. The van der Waals surface area contributed by atoms with Crippen molar-refractivity contribution in [2.45, 2.75) is 25.6 Å². The highest BCUT2D eigenvalue weighted by Gasteiger charge is 2.36. The quantitative estimate of drug-likeness (QED) is 0.853. The third kappa shape index (κ3) is 5.75. The number of aromatic hydroxyl groups is 1. The zero-order chi connectivity index (χ0) is 16.2. The number of nitrogens with one attached hydrogen (secondary N) is 1. The lowest BCUT2D eigenvalue weighted by Gasteiger charge is -2.35. The molecule has 1 heterocycles. The molecule has 1 atom stereocenters. The number of halogens is 4. The smallest absolute Gasteiger partial charge is 0.390 e. The predicted molar refractivity (Wildman–Crippen MR) is 84.4 cm³/mol. The zero-order valence-corrected chi connectivity index (χ0v) is 13.7. The summed E-state index contributed by atoms with van der Waals surface area (Å²) in [6, 6.07) is 3.68. The van der Waals surface area contributed by atoms with Crippen molar-refractivity contribution in [1.82, 2.24) is 10.2 Å². The molecule has 1 fully saturated rings. The maximum absolute atomic E-state index is 13.0. The lowest BCUT2D eigenvalue weighted by molar-refractivity contribution is -0.148. The molecule has 4 nitrogen and oxygen atoms in total. The summed E-state index contributed by atoms with van der Waals surface area (Å²) in [6.07, 6.45) is -5.16. The van der Waals surface area contributed by atoms with E-state index in [1.165, 1.54) is 18.2 Å². The monoisotopic (exact) mass is 354 g/mol. The first-order chi connectivity index (χ1) is 10.4. The number of hydrogen-bond donors (Lipinski definition) is 2. The van der Waals surface area contributed by atoms with E-state index < -0.39 is 18.6 Å². The van der Waals surface area contributed by atoms with E-state index in [0.717, 1.165) is 0 Å². The van der Waals surface area contributed by atoms with Crippen LogP contribution in [0.3, 0.4) is 0 Å². The number of phenols is 1. The number of piperazine rings is 1. The molecule has 1 aliphatic rings. The van der Waals surface area contributed by atoms with Gasteiger partial charge >= 0.3 is 6.18 Å². The van der Waals surface area contributed by atoms with Crippen LogP contribution in [-0.4, -0.2) is 49.0 Å². The fraction of sp³-hybridized carbons (Fsp3) is 0.600. The number of phenolic OH excluding ortho intramolecular Hbond substituents is 1. The molecule has 0 saturated carbocycles. The third-order valence-electron chi connectivity index (χ3n) is 3.69. The average molecular weight is 355 g/mol. The second kappa shape index (κ2) is 8.61. The van der Waals surface area contributed by atoms with Crippen molar-refractivity contribution in [2.75, 3.05) is 32.8 Å². The first-order valence-corrected chi connectivity index (χ1v) is 7.38. The van der Waals surface area contributed by atoms with Gasteiger partial charge in [-0.05, 0) is 24.6 Å². The fourth-order valence-corrected chi connectivity index (χ4v) is 2.68. The molecule has 0 aliphatic carbocycles. The van der Waals surface area contributed by atoms with Crippen LogP contribution in [0.5, 0.6) is 11.5 Å². The summed E-state index contributed by atoms with van der Waals surface area (Å²) in [5.41, 5.74) is 0.514. The summed E-state index contributed by atoms with van der Waals surface area (Å²) in [5.74, 6) is 0.166. The molecule has 0 radical (unpaired) electrons. The first-order valence-electron chi connectivity index (χ1n) is 7.38. The van der Waals surface area contributed by atoms with Gasteiger partial charge < -0.3 is 15.2 Å². The SMILES string of the molecule is CCOc1cc([C@H](CC(F)(F)F)N2CCNCC2)ccc1O.Cl. The van der Waals surface area contributed by atoms with Crippen molar-refractivity contribution in [3.05, 3.63) is 23.8 Å². The highest BCUT2D eigenvalue weighted by atomic mass is 35.5. The maximum Gasteiger partial charge on any atom is 0.390 e. The molecule has 0 bridgehead atoms. The molecule has 0 spiro atoms. The minimum Gasteiger partial charge on any atom is -0.504 e. The van der Waals surface area contributed by atoms with Gasteiger partial charge in [-0.25, -0.2) is 0 Å². The summed E-state index contributed by atoms with van der Waals surface area (Å²) in [4.78, 5) is 1.83. The minimum atomic E-state index is -4.25. The van der Waals surface area contributed by atoms with Crippen LogP contribution in [0.4, 0.5) is 13.2 Å². The standard InChI is InChI=1S/C15H21F3N2O2.ClH/c1-2-22-14-9-11(3-4-13(14)21)12(10-15(16,17)18)20-7-5-19-6-8-20;/h3-4,9,12,19,21H,2,5-8,10H2,1H3;1H/t12-;/m0./s1. The van der Waals surface area contributed by atoms with Gasteiger partial charge in [-0.3, -0.25) is 4.90 Å². The average Bonchev–Trinajstić information content (AvgIpc) is 2.47. The molecule has 1 aromatic carbocycles. The van der Waals surface area contributed by atoms with E-state index in [1.54, 1.807) is 6.92 Å². The van der Waals surface area contributed by atoms with Gasteiger partial charge in [0.15, 0.2) is 11.5 Å². The third-order valence-corrected chi connectivity index (χ3v) is 3.69. The molecule has 8 heteroatoms. The molecule has 0 amide bonds. The van der Waals surface area contributed by atoms with Gasteiger partial charge in [0.05, 0.1) is 13.0 Å². The van der Waals surface area contributed by atoms with Crippen LogP contribution in [0, 0.1) is 0 Å². The number of rotatable bonds is 5. The first kappa shape index (κ1) is 19.9. The summed E-state index contributed by atoms with van der Waals surface area (Å²) in [5, 5.41) is 12.9. The second-order valence-corrected chi connectivity index (χ2v) is 5.28. The lowest BCUT2D eigenvalue weighted by Crippen LogP contribution is -2.46. The van der Waals surface area contributed by atoms with E-state index in [1.807, 2.05) is 4.90 Å². The van der Waals surface area contributed by atoms with Gasteiger partial charge in [-0.1, -0.05) is 6.07 Å². The van der Waals surface area contributed by atoms with E-state index >= 15 is 0 Å². The Hall–Kier alpha value is -1.18. The molecule has 1 aliphatic heterocycles. The van der Waals surface area contributed by atoms with Crippen molar-refractivity contribution in [3.63, 3.8) is 0 Å². The number of ether oxygens (including phenoxy) is 1. The molecular formula is C15H22ClF3N2O2. The van der Waals surface area contributed by atoms with E-state index in [-0.39, 0.29) is 23.9 Å².